The smallest absolute Gasteiger partial charge is 0.343 e. The van der Waals surface area contributed by atoms with E-state index in [1.807, 2.05) is 37.3 Å². The van der Waals surface area contributed by atoms with E-state index in [1.54, 1.807) is 11.5 Å². The molecule has 0 unspecified atom stereocenters. The van der Waals surface area contributed by atoms with E-state index in [0.29, 0.717) is 46.3 Å². The van der Waals surface area contributed by atoms with Gasteiger partial charge in [-0.05, 0) is 13.3 Å². The number of hydrogen-bond donors (Lipinski definition) is 1. The van der Waals surface area contributed by atoms with Gasteiger partial charge in [0.05, 0.1) is 5.75 Å². The van der Waals surface area contributed by atoms with Crippen molar-refractivity contribution in [1.82, 2.24) is 30.1 Å². The van der Waals surface area contributed by atoms with Gasteiger partial charge in [-0.25, -0.2) is 9.89 Å². The molecule has 0 radical (unpaired) electrons. The first-order chi connectivity index (χ1) is 13.7. The van der Waals surface area contributed by atoms with Crippen LogP contribution in [0.3, 0.4) is 0 Å². The summed E-state index contributed by atoms with van der Waals surface area (Å²) < 4.78 is 12.8. The Morgan fingerprint density at radius 2 is 2.04 bits per heavy atom. The van der Waals surface area contributed by atoms with Crippen LogP contribution in [0.4, 0.5) is 0 Å². The number of aromatic amines is 1. The maximum Gasteiger partial charge on any atom is 0.343 e. The molecule has 28 heavy (non-hydrogen) atoms. The first kappa shape index (κ1) is 18.2. The van der Waals surface area contributed by atoms with E-state index in [0.717, 1.165) is 12.0 Å². The second-order valence-corrected chi connectivity index (χ2v) is 7.02. The van der Waals surface area contributed by atoms with E-state index in [4.69, 9.17) is 8.94 Å². The van der Waals surface area contributed by atoms with Crippen LogP contribution in [-0.2, 0) is 12.3 Å². The summed E-state index contributed by atoms with van der Waals surface area (Å²) in [6, 6.07) is 9.68. The summed E-state index contributed by atoms with van der Waals surface area (Å²) in [4.78, 5) is 11.8. The lowest BCUT2D eigenvalue weighted by atomic mass is 10.1. The predicted octanol–water partition coefficient (Wildman–Crippen LogP) is 3.29. The maximum atomic E-state index is 11.8. The van der Waals surface area contributed by atoms with Gasteiger partial charge in [-0.15, -0.1) is 15.3 Å². The molecule has 4 aromatic rings. The van der Waals surface area contributed by atoms with Crippen molar-refractivity contribution in [3.8, 4) is 22.7 Å². The highest BCUT2D eigenvalue weighted by molar-refractivity contribution is 7.98. The van der Waals surface area contributed by atoms with Gasteiger partial charge in [-0.2, -0.15) is 0 Å². The quantitative estimate of drug-likeness (QED) is 0.472. The van der Waals surface area contributed by atoms with Crippen molar-refractivity contribution in [2.24, 2.45) is 0 Å². The number of nitrogens with zero attached hydrogens (tertiary/aromatic N) is 5. The van der Waals surface area contributed by atoms with Crippen molar-refractivity contribution in [1.29, 1.82) is 0 Å². The summed E-state index contributed by atoms with van der Waals surface area (Å²) in [6.07, 6.45) is 0.840. The molecule has 0 bridgehead atoms. The van der Waals surface area contributed by atoms with Crippen molar-refractivity contribution in [2.75, 3.05) is 0 Å². The van der Waals surface area contributed by atoms with Gasteiger partial charge in [-0.1, -0.05) is 54.2 Å². The average molecular weight is 398 g/mol. The fourth-order valence-corrected chi connectivity index (χ4v) is 3.60. The average Bonchev–Trinajstić information content (AvgIpc) is 3.41. The number of H-pyrrole nitrogens is 1. The van der Waals surface area contributed by atoms with Gasteiger partial charge >= 0.3 is 5.69 Å². The van der Waals surface area contributed by atoms with Gasteiger partial charge < -0.3 is 8.94 Å². The summed E-state index contributed by atoms with van der Waals surface area (Å²) in [5, 5.41) is 19.5. The number of nitrogens with one attached hydrogen (secondary N) is 1. The number of thioether (sulfide) groups is 1. The van der Waals surface area contributed by atoms with Gasteiger partial charge in [-0.3, -0.25) is 4.57 Å². The zero-order valence-corrected chi connectivity index (χ0v) is 16.2. The maximum absolute atomic E-state index is 11.8. The highest BCUT2D eigenvalue weighted by Crippen LogP contribution is 2.33. The van der Waals surface area contributed by atoms with Crippen LogP contribution in [0.2, 0.25) is 0 Å². The minimum atomic E-state index is -0.219. The molecule has 0 aliphatic rings. The van der Waals surface area contributed by atoms with Crippen LogP contribution in [0.25, 0.3) is 22.7 Å². The molecule has 0 atom stereocenters. The second kappa shape index (κ2) is 7.85. The molecular formula is C18H18N6O3S. The molecule has 1 aromatic carbocycles. The van der Waals surface area contributed by atoms with Crippen LogP contribution in [0.15, 0.2) is 49.2 Å². The summed E-state index contributed by atoms with van der Waals surface area (Å²) in [7, 11) is 0. The summed E-state index contributed by atoms with van der Waals surface area (Å²) in [5.74, 6) is 1.77. The number of aromatic nitrogens is 6. The number of benzene rings is 1. The van der Waals surface area contributed by atoms with Crippen molar-refractivity contribution in [3.63, 3.8) is 0 Å². The van der Waals surface area contributed by atoms with Crippen molar-refractivity contribution in [3.05, 3.63) is 52.5 Å². The molecule has 1 N–H and O–H groups in total. The molecule has 0 fully saturated rings. The Morgan fingerprint density at radius 3 is 2.82 bits per heavy atom. The van der Waals surface area contributed by atoms with E-state index >= 15 is 0 Å². The minimum Gasteiger partial charge on any atom is -0.420 e. The molecule has 4 rings (SSSR count). The summed E-state index contributed by atoms with van der Waals surface area (Å²) in [6.45, 7) is 4.41. The van der Waals surface area contributed by atoms with Crippen LogP contribution in [0, 0.1) is 6.92 Å². The highest BCUT2D eigenvalue weighted by atomic mass is 32.2. The third-order valence-electron chi connectivity index (χ3n) is 4.09. The van der Waals surface area contributed by atoms with Gasteiger partial charge in [0.25, 0.3) is 5.89 Å². The molecular weight excluding hydrogens is 380 g/mol. The fraction of sp³-hybridized carbons (Fsp3) is 0.278. The molecule has 0 saturated carbocycles. The standard InChI is InChI=1S/C18H18N6O3S/c1-3-9-24-17(25)21-22-18(24)28-10-13-19-20-16(26-13)14-11(2)27-23-15(14)12-7-5-4-6-8-12/h4-8H,3,9-10H2,1-2H3,(H,21,25). The van der Waals surface area contributed by atoms with E-state index in [-0.39, 0.29) is 5.69 Å². The summed E-state index contributed by atoms with van der Waals surface area (Å²) >= 11 is 1.36. The van der Waals surface area contributed by atoms with Gasteiger partial charge in [0.2, 0.25) is 5.89 Å². The van der Waals surface area contributed by atoms with E-state index in [9.17, 15) is 4.79 Å². The first-order valence-corrected chi connectivity index (χ1v) is 9.78. The zero-order chi connectivity index (χ0) is 19.5. The molecule has 3 aromatic heterocycles. The second-order valence-electron chi connectivity index (χ2n) is 6.08. The van der Waals surface area contributed by atoms with Crippen LogP contribution in [0.1, 0.15) is 25.0 Å². The monoisotopic (exact) mass is 398 g/mol. The van der Waals surface area contributed by atoms with E-state index in [2.05, 4.69) is 25.6 Å². The molecule has 0 spiro atoms. The van der Waals surface area contributed by atoms with Gasteiger partial charge in [0, 0.05) is 12.1 Å². The van der Waals surface area contributed by atoms with Crippen molar-refractivity contribution in [2.45, 2.75) is 37.7 Å². The Labute approximate surface area is 164 Å². The SMILES string of the molecule is CCCn1c(SCc2nnc(-c3c(-c4ccccc4)noc3C)o2)n[nH]c1=O. The largest absolute Gasteiger partial charge is 0.420 e. The Kier molecular flexibility index (Phi) is 5.11. The first-order valence-electron chi connectivity index (χ1n) is 8.79. The molecule has 144 valence electrons. The minimum absolute atomic E-state index is 0.219. The van der Waals surface area contributed by atoms with Crippen molar-refractivity contribution < 1.29 is 8.94 Å². The third-order valence-corrected chi connectivity index (χ3v) is 5.05. The number of hydrogen-bond acceptors (Lipinski definition) is 8. The molecule has 0 aliphatic heterocycles. The molecule has 0 saturated heterocycles. The van der Waals surface area contributed by atoms with Gasteiger partial charge in [0.1, 0.15) is 17.0 Å². The Hall–Kier alpha value is -3.14. The Morgan fingerprint density at radius 1 is 1.21 bits per heavy atom. The lowest BCUT2D eigenvalue weighted by Crippen LogP contribution is -2.17. The zero-order valence-electron chi connectivity index (χ0n) is 15.4. The lowest BCUT2D eigenvalue weighted by molar-refractivity contribution is 0.399. The lowest BCUT2D eigenvalue weighted by Gasteiger charge is -2.01. The molecule has 0 aliphatic carbocycles. The Balaban J connectivity index is 1.56. The molecule has 10 heteroatoms. The third kappa shape index (κ3) is 3.50. The highest BCUT2D eigenvalue weighted by Gasteiger charge is 2.22. The fourth-order valence-electron chi connectivity index (χ4n) is 2.79. The van der Waals surface area contributed by atoms with E-state index < -0.39 is 0 Å². The normalized spacial score (nSPS) is 11.2. The molecule has 9 nitrogen and oxygen atoms in total. The van der Waals surface area contributed by atoms with Gasteiger partial charge in [0.15, 0.2) is 5.16 Å². The topological polar surface area (TPSA) is 116 Å². The number of rotatable bonds is 7. The summed E-state index contributed by atoms with van der Waals surface area (Å²) in [5.41, 5.74) is 2.02. The van der Waals surface area contributed by atoms with Crippen LogP contribution in [0.5, 0.6) is 0 Å². The van der Waals surface area contributed by atoms with E-state index in [1.165, 1.54) is 11.8 Å². The van der Waals surface area contributed by atoms with Crippen molar-refractivity contribution >= 4 is 11.8 Å². The Bertz CT molecular complexity index is 1130. The molecule has 3 heterocycles. The van der Waals surface area contributed by atoms with Crippen LogP contribution < -0.4 is 5.69 Å². The predicted molar refractivity (Wildman–Crippen MR) is 103 cm³/mol. The van der Waals surface area contributed by atoms with Crippen LogP contribution >= 0.6 is 11.8 Å². The number of aryl methyl sites for hydroxylation is 1. The molecule has 0 amide bonds. The van der Waals surface area contributed by atoms with Crippen LogP contribution in [-0.4, -0.2) is 30.1 Å².